The number of aromatic nitrogens is 6. The summed E-state index contributed by atoms with van der Waals surface area (Å²) in [4.78, 5) is 21.0. The second-order valence-electron chi connectivity index (χ2n) is 6.25. The number of nitrogens with one attached hydrogen (secondary N) is 2. The largest absolute Gasteiger partial charge is 0.360 e. The maximum atomic E-state index is 13.9. The maximum absolute atomic E-state index is 13.9. The molecule has 0 aliphatic carbocycles. The lowest BCUT2D eigenvalue weighted by atomic mass is 10.1. The van der Waals surface area contributed by atoms with Gasteiger partial charge < -0.3 is 10.3 Å². The Morgan fingerprint density at radius 1 is 1.14 bits per heavy atom. The molecule has 7 nitrogen and oxygen atoms in total. The molecular weight excluding hydrogens is 384 g/mol. The summed E-state index contributed by atoms with van der Waals surface area (Å²) in [5, 5.41) is 5.16. The lowest BCUT2D eigenvalue weighted by molar-refractivity contribution is 0.584. The summed E-state index contributed by atoms with van der Waals surface area (Å²) in [7, 11) is 0. The molecule has 0 saturated carbocycles. The van der Waals surface area contributed by atoms with E-state index in [-0.39, 0.29) is 6.04 Å². The number of hydrogen-bond donors (Lipinski definition) is 2. The summed E-state index contributed by atoms with van der Waals surface area (Å²) in [6.45, 7) is 1.91. The highest BCUT2D eigenvalue weighted by atomic mass is 32.1. The summed E-state index contributed by atoms with van der Waals surface area (Å²) < 4.78 is 29.5. The molecule has 0 fully saturated rings. The van der Waals surface area contributed by atoms with Crippen LogP contribution in [0.4, 0.5) is 14.6 Å². The molecular formula is C18H13F2N7S. The maximum Gasteiger partial charge on any atom is 0.194 e. The fourth-order valence-corrected chi connectivity index (χ4v) is 3.95. The SMILES string of the molecule is CC(Nc1ncnc2[nH]cnc12)c1nc2sccn2c1-c1cc(F)cc(F)c1. The molecule has 1 aromatic carbocycles. The van der Waals surface area contributed by atoms with Crippen molar-refractivity contribution >= 4 is 33.3 Å². The molecule has 4 heterocycles. The fraction of sp³-hybridized carbons (Fsp3) is 0.111. The Hall–Kier alpha value is -3.40. The normalized spacial score (nSPS) is 12.7. The first kappa shape index (κ1) is 16.8. The second-order valence-corrected chi connectivity index (χ2v) is 7.12. The van der Waals surface area contributed by atoms with Gasteiger partial charge in [0, 0.05) is 23.2 Å². The van der Waals surface area contributed by atoms with Gasteiger partial charge >= 0.3 is 0 Å². The van der Waals surface area contributed by atoms with Crippen LogP contribution in [-0.4, -0.2) is 29.3 Å². The van der Waals surface area contributed by atoms with Crippen LogP contribution in [0.15, 0.2) is 42.4 Å². The van der Waals surface area contributed by atoms with Crippen LogP contribution in [0.3, 0.4) is 0 Å². The number of imidazole rings is 2. The summed E-state index contributed by atoms with van der Waals surface area (Å²) >= 11 is 1.45. The molecule has 4 aromatic heterocycles. The van der Waals surface area contributed by atoms with Crippen LogP contribution in [0.5, 0.6) is 0 Å². The Kier molecular flexibility index (Phi) is 3.79. The number of anilines is 1. The molecule has 1 atom stereocenters. The number of rotatable bonds is 4. The molecule has 0 radical (unpaired) electrons. The predicted molar refractivity (Wildman–Crippen MR) is 102 cm³/mol. The van der Waals surface area contributed by atoms with Crippen molar-refractivity contribution in [2.75, 3.05) is 5.32 Å². The van der Waals surface area contributed by atoms with E-state index in [0.29, 0.717) is 33.9 Å². The third-order valence-electron chi connectivity index (χ3n) is 4.41. The first-order chi connectivity index (χ1) is 13.6. The van der Waals surface area contributed by atoms with E-state index in [4.69, 9.17) is 0 Å². The lowest BCUT2D eigenvalue weighted by Crippen LogP contribution is -2.10. The fourth-order valence-electron chi connectivity index (χ4n) is 3.23. The van der Waals surface area contributed by atoms with Crippen LogP contribution < -0.4 is 5.32 Å². The minimum Gasteiger partial charge on any atom is -0.360 e. The first-order valence-electron chi connectivity index (χ1n) is 8.42. The van der Waals surface area contributed by atoms with E-state index in [0.717, 1.165) is 11.0 Å². The van der Waals surface area contributed by atoms with Gasteiger partial charge in [-0.05, 0) is 19.1 Å². The van der Waals surface area contributed by atoms with Crippen molar-refractivity contribution in [2.24, 2.45) is 0 Å². The number of halogens is 2. The first-order valence-corrected chi connectivity index (χ1v) is 9.30. The minimum atomic E-state index is -0.638. The second kappa shape index (κ2) is 6.34. The van der Waals surface area contributed by atoms with Gasteiger partial charge in [-0.25, -0.2) is 28.7 Å². The van der Waals surface area contributed by atoms with Crippen molar-refractivity contribution in [3.05, 3.63) is 59.8 Å². The van der Waals surface area contributed by atoms with E-state index in [1.807, 2.05) is 22.9 Å². The highest BCUT2D eigenvalue weighted by Gasteiger charge is 2.22. The number of nitrogens with zero attached hydrogens (tertiary/aromatic N) is 5. The van der Waals surface area contributed by atoms with Crippen molar-refractivity contribution in [3.63, 3.8) is 0 Å². The van der Waals surface area contributed by atoms with Gasteiger partial charge in [0.1, 0.15) is 23.5 Å². The van der Waals surface area contributed by atoms with E-state index in [1.165, 1.54) is 29.8 Å². The minimum absolute atomic E-state index is 0.303. The van der Waals surface area contributed by atoms with Gasteiger partial charge in [0.2, 0.25) is 0 Å². The summed E-state index contributed by atoms with van der Waals surface area (Å²) in [5.74, 6) is -0.729. The van der Waals surface area contributed by atoms with Gasteiger partial charge in [-0.1, -0.05) is 0 Å². The molecule has 0 amide bonds. The average Bonchev–Trinajstić information content (AvgIpc) is 3.36. The van der Waals surface area contributed by atoms with Crippen LogP contribution in [0.2, 0.25) is 0 Å². The molecule has 5 rings (SSSR count). The van der Waals surface area contributed by atoms with Gasteiger partial charge in [0.15, 0.2) is 16.4 Å². The molecule has 0 aliphatic heterocycles. The van der Waals surface area contributed by atoms with Gasteiger partial charge in [-0.3, -0.25) is 4.40 Å². The summed E-state index contributed by atoms with van der Waals surface area (Å²) in [6.07, 6.45) is 4.81. The van der Waals surface area contributed by atoms with Gasteiger partial charge in [0.05, 0.1) is 23.8 Å². The topological polar surface area (TPSA) is 83.8 Å². The Balaban J connectivity index is 1.62. The number of thiazole rings is 1. The van der Waals surface area contributed by atoms with Crippen molar-refractivity contribution in [1.82, 2.24) is 29.3 Å². The number of fused-ring (bicyclic) bond motifs is 2. The Bertz CT molecular complexity index is 1290. The van der Waals surface area contributed by atoms with Gasteiger partial charge in [-0.15, -0.1) is 11.3 Å². The molecule has 140 valence electrons. The summed E-state index contributed by atoms with van der Waals surface area (Å²) in [5.41, 5.74) is 2.91. The highest BCUT2D eigenvalue weighted by Crippen LogP contribution is 2.33. The number of H-pyrrole nitrogens is 1. The van der Waals surface area contributed by atoms with Crippen LogP contribution in [0, 0.1) is 11.6 Å². The number of hydrogen-bond acceptors (Lipinski definition) is 6. The number of benzene rings is 1. The smallest absolute Gasteiger partial charge is 0.194 e. The average molecular weight is 397 g/mol. The van der Waals surface area contributed by atoms with Gasteiger partial charge in [-0.2, -0.15) is 0 Å². The monoisotopic (exact) mass is 397 g/mol. The molecule has 0 saturated heterocycles. The zero-order valence-corrected chi connectivity index (χ0v) is 15.3. The van der Waals surface area contributed by atoms with E-state index < -0.39 is 11.6 Å². The molecule has 1 unspecified atom stereocenters. The summed E-state index contributed by atoms with van der Waals surface area (Å²) in [6, 6.07) is 3.16. The van der Waals surface area contributed by atoms with Crippen molar-refractivity contribution in [1.29, 1.82) is 0 Å². The number of aromatic amines is 1. The van der Waals surface area contributed by atoms with E-state index >= 15 is 0 Å². The molecule has 28 heavy (non-hydrogen) atoms. The molecule has 2 N–H and O–H groups in total. The molecule has 0 aliphatic rings. The third kappa shape index (κ3) is 2.69. The van der Waals surface area contributed by atoms with E-state index in [1.54, 1.807) is 6.33 Å². The molecule has 0 bridgehead atoms. The van der Waals surface area contributed by atoms with Crippen LogP contribution in [0.25, 0.3) is 27.4 Å². The van der Waals surface area contributed by atoms with E-state index in [2.05, 4.69) is 30.2 Å². The zero-order valence-electron chi connectivity index (χ0n) is 14.5. The van der Waals surface area contributed by atoms with E-state index in [9.17, 15) is 8.78 Å². The predicted octanol–water partition coefficient (Wildman–Crippen LogP) is 4.18. The quantitative estimate of drug-likeness (QED) is 0.475. The molecule has 0 spiro atoms. The van der Waals surface area contributed by atoms with Crippen LogP contribution >= 0.6 is 11.3 Å². The Morgan fingerprint density at radius 2 is 1.96 bits per heavy atom. The standard InChI is InChI=1S/C18H13F2N7S/c1-9(25-17-14-16(22-7-21-14)23-8-24-17)13-15(27-2-3-28-18(27)26-13)10-4-11(19)6-12(20)5-10/h2-9H,1H3,(H2,21,22,23,24,25). The highest BCUT2D eigenvalue weighted by molar-refractivity contribution is 7.15. The molecule has 5 aromatic rings. The molecule has 10 heteroatoms. The van der Waals surface area contributed by atoms with Crippen molar-refractivity contribution in [3.8, 4) is 11.3 Å². The Morgan fingerprint density at radius 3 is 2.79 bits per heavy atom. The zero-order chi connectivity index (χ0) is 19.3. The van der Waals surface area contributed by atoms with Gasteiger partial charge in [0.25, 0.3) is 0 Å². The lowest BCUT2D eigenvalue weighted by Gasteiger charge is -2.15. The third-order valence-corrected chi connectivity index (χ3v) is 5.16. The van der Waals surface area contributed by atoms with Crippen LogP contribution in [0.1, 0.15) is 18.7 Å². The van der Waals surface area contributed by atoms with Crippen molar-refractivity contribution < 1.29 is 8.78 Å². The van der Waals surface area contributed by atoms with Crippen molar-refractivity contribution in [2.45, 2.75) is 13.0 Å². The van der Waals surface area contributed by atoms with Crippen LogP contribution in [-0.2, 0) is 0 Å². The Labute approximate surface area is 161 Å².